The maximum Gasteiger partial charge on any atom is 0.305 e. The predicted octanol–water partition coefficient (Wildman–Crippen LogP) is 4.50. The lowest BCUT2D eigenvalue weighted by molar-refractivity contribution is -0.145. The van der Waals surface area contributed by atoms with E-state index in [-0.39, 0.29) is 12.4 Å². The molecule has 126 valence electrons. The van der Waals surface area contributed by atoms with E-state index in [1.807, 2.05) is 12.2 Å². The van der Waals surface area contributed by atoms with Gasteiger partial charge in [-0.1, -0.05) is 12.2 Å². The Morgan fingerprint density at radius 3 is 2.00 bits per heavy atom. The molecule has 0 rings (SSSR count). The minimum Gasteiger partial charge on any atom is -0.481 e. The van der Waals surface area contributed by atoms with Gasteiger partial charge in [-0.2, -0.15) is 0 Å². The Balaban J connectivity index is 3.90. The third-order valence-electron chi connectivity index (χ3n) is 3.54. The van der Waals surface area contributed by atoms with Gasteiger partial charge in [-0.05, 0) is 57.3 Å². The molecule has 1 N–H and O–H groups in total. The lowest BCUT2D eigenvalue weighted by Crippen LogP contribution is -2.14. The minimum absolute atomic E-state index is 0.110. The average molecular weight is 310 g/mol. The molecule has 0 amide bonds. The minimum atomic E-state index is -0.821. The van der Waals surface area contributed by atoms with E-state index in [4.69, 9.17) is 9.84 Å². The summed E-state index contributed by atoms with van der Waals surface area (Å²) >= 11 is 0. The first-order chi connectivity index (χ1) is 10.6. The van der Waals surface area contributed by atoms with Crippen molar-refractivity contribution in [3.8, 4) is 0 Å². The van der Waals surface area contributed by atoms with Crippen LogP contribution in [0.5, 0.6) is 0 Å². The first kappa shape index (κ1) is 20.4. The molecule has 0 aliphatic heterocycles. The van der Waals surface area contributed by atoms with E-state index in [1.165, 1.54) is 0 Å². The third kappa shape index (κ3) is 13.4. The van der Waals surface area contributed by atoms with Gasteiger partial charge in [-0.3, -0.25) is 9.59 Å². The van der Waals surface area contributed by atoms with Gasteiger partial charge in [0.15, 0.2) is 0 Å². The van der Waals surface area contributed by atoms with E-state index >= 15 is 0 Å². The fraction of sp³-hybridized carbons (Fsp3) is 0.667. The summed E-state index contributed by atoms with van der Waals surface area (Å²) in [5.74, 6) is -0.649. The van der Waals surface area contributed by atoms with E-state index in [0.717, 1.165) is 38.5 Å². The molecule has 22 heavy (non-hydrogen) atoms. The molecule has 0 saturated heterocycles. The lowest BCUT2D eigenvalue weighted by atomic mass is 9.96. The van der Waals surface area contributed by atoms with Crippen LogP contribution < -0.4 is 0 Å². The van der Waals surface area contributed by atoms with Crippen LogP contribution in [0, 0.1) is 5.92 Å². The molecule has 0 spiro atoms. The quantitative estimate of drug-likeness (QED) is 0.275. The summed E-state index contributed by atoms with van der Waals surface area (Å²) < 4.78 is 5.33. The van der Waals surface area contributed by atoms with Crippen LogP contribution in [0.25, 0.3) is 0 Å². The Hall–Kier alpha value is -1.58. The highest BCUT2D eigenvalue weighted by Gasteiger charge is 2.12. The number of carbonyl (C=O) groups is 2. The number of ether oxygens (including phenoxy) is 1. The van der Waals surface area contributed by atoms with Crippen LogP contribution in [0.1, 0.15) is 64.2 Å². The van der Waals surface area contributed by atoms with Crippen LogP contribution in [-0.4, -0.2) is 23.7 Å². The van der Waals surface area contributed by atoms with Crippen LogP contribution in [-0.2, 0) is 14.3 Å². The van der Waals surface area contributed by atoms with E-state index in [2.05, 4.69) is 13.2 Å². The fourth-order valence-electron chi connectivity index (χ4n) is 2.24. The summed E-state index contributed by atoms with van der Waals surface area (Å²) in [5.41, 5.74) is 0. The van der Waals surface area contributed by atoms with E-state index in [1.54, 1.807) is 0 Å². The van der Waals surface area contributed by atoms with Crippen molar-refractivity contribution in [2.75, 3.05) is 6.61 Å². The van der Waals surface area contributed by atoms with E-state index < -0.39 is 5.97 Å². The number of aliphatic carboxylic acids is 1. The maximum absolute atomic E-state index is 11.7. The van der Waals surface area contributed by atoms with Crippen molar-refractivity contribution >= 4 is 11.9 Å². The van der Waals surface area contributed by atoms with Gasteiger partial charge in [0.2, 0.25) is 0 Å². The lowest BCUT2D eigenvalue weighted by Gasteiger charge is -2.16. The summed E-state index contributed by atoms with van der Waals surface area (Å²) in [4.78, 5) is 22.0. The van der Waals surface area contributed by atoms with Crippen LogP contribution in [0.3, 0.4) is 0 Å². The van der Waals surface area contributed by atoms with Gasteiger partial charge < -0.3 is 9.84 Å². The van der Waals surface area contributed by atoms with Crippen molar-refractivity contribution in [2.24, 2.45) is 5.92 Å². The number of hydrogen-bond acceptors (Lipinski definition) is 3. The number of carboxylic acids is 1. The Morgan fingerprint density at radius 2 is 1.50 bits per heavy atom. The number of carbonyl (C=O) groups excluding carboxylic acids is 1. The zero-order valence-corrected chi connectivity index (χ0v) is 13.6. The van der Waals surface area contributed by atoms with Gasteiger partial charge in [0.1, 0.15) is 0 Å². The molecule has 0 aliphatic carbocycles. The van der Waals surface area contributed by atoms with Gasteiger partial charge in [-0.15, -0.1) is 13.2 Å². The van der Waals surface area contributed by atoms with Crippen LogP contribution in [0.2, 0.25) is 0 Å². The molecule has 0 aromatic carbocycles. The molecule has 0 atom stereocenters. The largest absolute Gasteiger partial charge is 0.481 e. The van der Waals surface area contributed by atoms with Crippen molar-refractivity contribution in [3.63, 3.8) is 0 Å². The molecule has 4 heteroatoms. The summed E-state index contributed by atoms with van der Waals surface area (Å²) in [6, 6.07) is 0. The number of esters is 1. The molecular formula is C18H30O4. The van der Waals surface area contributed by atoms with Gasteiger partial charge >= 0.3 is 11.9 Å². The number of carboxylic acid groups (broad SMARTS) is 1. The van der Waals surface area contributed by atoms with Crippen molar-refractivity contribution in [1.82, 2.24) is 0 Å². The van der Waals surface area contributed by atoms with Crippen LogP contribution in [0.15, 0.2) is 25.3 Å². The van der Waals surface area contributed by atoms with E-state index in [0.29, 0.717) is 31.8 Å². The van der Waals surface area contributed by atoms with Gasteiger partial charge in [0.05, 0.1) is 6.61 Å². The molecule has 0 fully saturated rings. The topological polar surface area (TPSA) is 63.6 Å². The smallest absolute Gasteiger partial charge is 0.305 e. The number of hydrogen-bond donors (Lipinski definition) is 1. The monoisotopic (exact) mass is 310 g/mol. The van der Waals surface area contributed by atoms with Gasteiger partial charge in [-0.25, -0.2) is 0 Å². The highest BCUT2D eigenvalue weighted by Crippen LogP contribution is 2.17. The summed E-state index contributed by atoms with van der Waals surface area (Å²) in [6.07, 6.45) is 11.5. The molecule has 0 aromatic rings. The molecule has 0 unspecified atom stereocenters. The molecule has 0 aliphatic rings. The highest BCUT2D eigenvalue weighted by molar-refractivity contribution is 5.69. The molecule has 0 heterocycles. The second-order valence-electron chi connectivity index (χ2n) is 5.59. The van der Waals surface area contributed by atoms with Gasteiger partial charge in [0, 0.05) is 12.8 Å². The van der Waals surface area contributed by atoms with Crippen molar-refractivity contribution in [1.29, 1.82) is 0 Å². The first-order valence-corrected chi connectivity index (χ1v) is 8.19. The molecule has 0 aromatic heterocycles. The van der Waals surface area contributed by atoms with Crippen LogP contribution in [0.4, 0.5) is 0 Å². The Bertz CT molecular complexity index is 322. The molecule has 0 bridgehead atoms. The zero-order chi connectivity index (χ0) is 16.6. The van der Waals surface area contributed by atoms with E-state index in [9.17, 15) is 9.59 Å². The molecule has 0 radical (unpaired) electrons. The van der Waals surface area contributed by atoms with Crippen molar-refractivity contribution in [2.45, 2.75) is 64.2 Å². The molecule has 0 saturated carbocycles. The van der Waals surface area contributed by atoms with Crippen molar-refractivity contribution < 1.29 is 19.4 Å². The Morgan fingerprint density at radius 1 is 0.955 bits per heavy atom. The predicted molar refractivity (Wildman–Crippen MR) is 88.6 cm³/mol. The fourth-order valence-corrected chi connectivity index (χ4v) is 2.24. The first-order valence-electron chi connectivity index (χ1n) is 8.19. The Labute approximate surface area is 134 Å². The number of unbranched alkanes of at least 4 members (excludes halogenated alkanes) is 3. The van der Waals surface area contributed by atoms with Crippen molar-refractivity contribution in [3.05, 3.63) is 25.3 Å². The Kier molecular flexibility index (Phi) is 13.3. The SMILES string of the molecule is C=CCCCC(CCCC=C)COC(=O)CCCCC(=O)O. The standard InChI is InChI=1S/C18H30O4/c1-3-5-7-11-16(12-8-6-4-2)15-22-18(21)14-10-9-13-17(19)20/h3-4,16H,1-2,5-15H2,(H,19,20). The third-order valence-corrected chi connectivity index (χ3v) is 3.54. The second-order valence-corrected chi connectivity index (χ2v) is 5.59. The molecule has 4 nitrogen and oxygen atoms in total. The van der Waals surface area contributed by atoms with Crippen LogP contribution >= 0.6 is 0 Å². The summed E-state index contributed by atoms with van der Waals surface area (Å²) in [7, 11) is 0. The number of allylic oxidation sites excluding steroid dienone is 2. The second kappa shape index (κ2) is 14.4. The average Bonchev–Trinajstić information content (AvgIpc) is 2.49. The number of rotatable bonds is 15. The maximum atomic E-state index is 11.7. The molecular weight excluding hydrogens is 280 g/mol. The zero-order valence-electron chi connectivity index (χ0n) is 13.6. The summed E-state index contributed by atoms with van der Waals surface area (Å²) in [5, 5.41) is 8.53. The summed E-state index contributed by atoms with van der Waals surface area (Å²) in [6.45, 7) is 7.91. The highest BCUT2D eigenvalue weighted by atomic mass is 16.5. The van der Waals surface area contributed by atoms with Gasteiger partial charge in [0.25, 0.3) is 0 Å². The normalized spacial score (nSPS) is 10.4.